The molecule has 2 N–H and O–H groups in total. The number of hydrogen-bond acceptors (Lipinski definition) is 5. The van der Waals surface area contributed by atoms with E-state index in [0.717, 1.165) is 17.7 Å². The first-order valence-electron chi connectivity index (χ1n) is 11.9. The van der Waals surface area contributed by atoms with Crippen LogP contribution < -0.4 is 10.1 Å². The van der Waals surface area contributed by atoms with Gasteiger partial charge in [0.2, 0.25) is 5.91 Å². The minimum absolute atomic E-state index is 0.0198. The molecule has 11 heteroatoms. The fourth-order valence-electron chi connectivity index (χ4n) is 5.16. The quantitative estimate of drug-likeness (QED) is 0.559. The van der Waals surface area contributed by atoms with E-state index >= 15 is 0 Å². The van der Waals surface area contributed by atoms with Crippen molar-refractivity contribution in [2.75, 3.05) is 13.7 Å². The number of nitrogens with one attached hydrogen (secondary N) is 2. The zero-order chi connectivity index (χ0) is 26.0. The molecule has 4 atom stereocenters. The number of carbonyl (C=O) groups excluding carboxylic acids is 4. The Kier molecular flexibility index (Phi) is 7.37. The summed E-state index contributed by atoms with van der Waals surface area (Å²) < 4.78 is 46.1. The Morgan fingerprint density at radius 1 is 1.31 bits per heavy atom. The summed E-state index contributed by atoms with van der Waals surface area (Å²) in [5, 5.41) is 3.06. The van der Waals surface area contributed by atoms with Crippen LogP contribution in [0.2, 0.25) is 0 Å². The number of benzene rings is 1. The summed E-state index contributed by atoms with van der Waals surface area (Å²) in [6.07, 6.45) is -1.99. The van der Waals surface area contributed by atoms with Gasteiger partial charge in [0.15, 0.2) is 0 Å². The Bertz CT molecular complexity index is 1160. The third-order valence-corrected chi connectivity index (χ3v) is 7.11. The standard InChI is InChI=1S/C25H28F3N3O5/c1-36-22-8-4-6-18-17(22)11-19(30-18)24(35)31-12-15(25(26,27)28)10-20(31)23(34)29-16(13-32)9-14-5-2-3-7-21(14)33/h4,6,8,11,13-16,20,30H,2-3,5,7,9-10,12H2,1H3,(H,29,34)/t14?,15-,16+,20+/m1/s1. The van der Waals surface area contributed by atoms with Gasteiger partial charge >= 0.3 is 6.18 Å². The van der Waals surface area contributed by atoms with E-state index in [1.807, 2.05) is 0 Å². The number of halogens is 3. The summed E-state index contributed by atoms with van der Waals surface area (Å²) >= 11 is 0. The summed E-state index contributed by atoms with van der Waals surface area (Å²) in [4.78, 5) is 54.0. The van der Waals surface area contributed by atoms with Gasteiger partial charge in [-0.05, 0) is 43.9 Å². The number of rotatable bonds is 7. The maximum Gasteiger partial charge on any atom is 0.393 e. The average molecular weight is 508 g/mol. The largest absolute Gasteiger partial charge is 0.496 e. The second-order valence-electron chi connectivity index (χ2n) is 9.45. The smallest absolute Gasteiger partial charge is 0.393 e. The zero-order valence-electron chi connectivity index (χ0n) is 19.8. The summed E-state index contributed by atoms with van der Waals surface area (Å²) in [6, 6.07) is 4.13. The molecule has 8 nitrogen and oxygen atoms in total. The average Bonchev–Trinajstić information content (AvgIpc) is 3.49. The molecule has 0 spiro atoms. The third-order valence-electron chi connectivity index (χ3n) is 7.11. The molecule has 2 aromatic rings. The monoisotopic (exact) mass is 507 g/mol. The maximum atomic E-state index is 13.6. The minimum Gasteiger partial charge on any atom is -0.496 e. The van der Waals surface area contributed by atoms with Crippen LogP contribution in [-0.2, 0) is 14.4 Å². The van der Waals surface area contributed by atoms with Crippen molar-refractivity contribution in [2.24, 2.45) is 11.8 Å². The van der Waals surface area contributed by atoms with Crippen molar-refractivity contribution in [1.29, 1.82) is 0 Å². The number of likely N-dealkylation sites (tertiary alicyclic amines) is 1. The molecule has 194 valence electrons. The second kappa shape index (κ2) is 10.3. The second-order valence-corrected chi connectivity index (χ2v) is 9.45. The van der Waals surface area contributed by atoms with E-state index in [-0.39, 0.29) is 23.8 Å². The van der Waals surface area contributed by atoms with Crippen molar-refractivity contribution in [3.63, 3.8) is 0 Å². The third kappa shape index (κ3) is 5.24. The fraction of sp³-hybridized carbons (Fsp3) is 0.520. The van der Waals surface area contributed by atoms with Crippen molar-refractivity contribution in [3.8, 4) is 5.75 Å². The predicted molar refractivity (Wildman–Crippen MR) is 123 cm³/mol. The number of ketones is 1. The van der Waals surface area contributed by atoms with Crippen LogP contribution >= 0.6 is 0 Å². The minimum atomic E-state index is -4.60. The van der Waals surface area contributed by atoms with Crippen molar-refractivity contribution >= 4 is 34.8 Å². The highest BCUT2D eigenvalue weighted by Gasteiger charge is 2.51. The summed E-state index contributed by atoms with van der Waals surface area (Å²) in [5.41, 5.74) is 0.582. The first kappa shape index (κ1) is 25.7. The topological polar surface area (TPSA) is 109 Å². The van der Waals surface area contributed by atoms with Crippen molar-refractivity contribution in [1.82, 2.24) is 15.2 Å². The summed E-state index contributed by atoms with van der Waals surface area (Å²) in [7, 11) is 1.46. The maximum absolute atomic E-state index is 13.6. The lowest BCUT2D eigenvalue weighted by atomic mass is 9.84. The normalized spacial score (nSPS) is 23.5. The Hall–Kier alpha value is -3.37. The Balaban J connectivity index is 1.55. The first-order valence-corrected chi connectivity index (χ1v) is 11.9. The highest BCUT2D eigenvalue weighted by Crippen LogP contribution is 2.38. The number of amides is 2. The van der Waals surface area contributed by atoms with Gasteiger partial charge in [0.25, 0.3) is 5.91 Å². The number of aromatic nitrogens is 1. The van der Waals surface area contributed by atoms with Gasteiger partial charge in [0, 0.05) is 29.8 Å². The van der Waals surface area contributed by atoms with Gasteiger partial charge in [-0.2, -0.15) is 13.2 Å². The molecule has 0 radical (unpaired) electrons. The van der Waals surface area contributed by atoms with Crippen LogP contribution in [0.15, 0.2) is 24.3 Å². The fourth-order valence-corrected chi connectivity index (χ4v) is 5.16. The molecule has 1 unspecified atom stereocenters. The summed E-state index contributed by atoms with van der Waals surface area (Å²) in [5.74, 6) is -3.36. The number of carbonyl (C=O) groups is 4. The SMILES string of the molecule is COc1cccc2[nH]c(C(=O)N3C[C@H](C(F)(F)F)C[C@H]3C(=O)N[C@H](C=O)CC3CCCCC3=O)cc12. The molecule has 2 aliphatic rings. The molecule has 36 heavy (non-hydrogen) atoms. The molecule has 2 fully saturated rings. The molecule has 2 heterocycles. The number of ether oxygens (including phenoxy) is 1. The van der Waals surface area contributed by atoms with E-state index in [9.17, 15) is 32.3 Å². The Morgan fingerprint density at radius 3 is 2.75 bits per heavy atom. The van der Waals surface area contributed by atoms with E-state index in [0.29, 0.717) is 35.8 Å². The van der Waals surface area contributed by atoms with Crippen LogP contribution in [0.4, 0.5) is 13.2 Å². The molecule has 1 aliphatic carbocycles. The Morgan fingerprint density at radius 2 is 2.08 bits per heavy atom. The van der Waals surface area contributed by atoms with E-state index in [1.54, 1.807) is 18.2 Å². The number of fused-ring (bicyclic) bond motifs is 1. The van der Waals surface area contributed by atoms with E-state index in [4.69, 9.17) is 4.74 Å². The summed E-state index contributed by atoms with van der Waals surface area (Å²) in [6.45, 7) is -0.681. The van der Waals surface area contributed by atoms with Gasteiger partial charge in [0.05, 0.1) is 19.1 Å². The van der Waals surface area contributed by atoms with Crippen LogP contribution in [0.25, 0.3) is 10.9 Å². The molecule has 1 aliphatic heterocycles. The van der Waals surface area contributed by atoms with E-state index in [2.05, 4.69) is 10.3 Å². The molecule has 2 amide bonds. The van der Waals surface area contributed by atoms with E-state index in [1.165, 1.54) is 13.2 Å². The number of nitrogens with zero attached hydrogens (tertiary/aromatic N) is 1. The molecular weight excluding hydrogens is 479 g/mol. The molecular formula is C25H28F3N3O5. The highest BCUT2D eigenvalue weighted by molar-refractivity contribution is 6.02. The van der Waals surface area contributed by atoms with Crippen LogP contribution in [0.3, 0.4) is 0 Å². The van der Waals surface area contributed by atoms with E-state index < -0.39 is 49.0 Å². The van der Waals surface area contributed by atoms with Crippen molar-refractivity contribution in [2.45, 2.75) is 56.8 Å². The molecule has 1 saturated heterocycles. The number of aldehydes is 1. The molecule has 1 aromatic heterocycles. The zero-order valence-corrected chi connectivity index (χ0v) is 19.8. The lowest BCUT2D eigenvalue weighted by molar-refractivity contribution is -0.170. The Labute approximate surface area is 205 Å². The van der Waals surface area contributed by atoms with Crippen molar-refractivity contribution < 1.29 is 37.1 Å². The number of H-pyrrole nitrogens is 1. The highest BCUT2D eigenvalue weighted by atomic mass is 19.4. The van der Waals surface area contributed by atoms with Gasteiger partial charge < -0.3 is 24.7 Å². The lowest BCUT2D eigenvalue weighted by Crippen LogP contribution is -2.50. The van der Waals surface area contributed by atoms with Crippen molar-refractivity contribution in [3.05, 3.63) is 30.0 Å². The number of hydrogen-bond donors (Lipinski definition) is 2. The molecule has 0 bridgehead atoms. The van der Waals surface area contributed by atoms with Crippen LogP contribution in [0.5, 0.6) is 5.75 Å². The molecule has 1 saturated carbocycles. The van der Waals surface area contributed by atoms with Gasteiger partial charge in [0.1, 0.15) is 29.6 Å². The first-order chi connectivity index (χ1) is 17.1. The lowest BCUT2D eigenvalue weighted by Gasteiger charge is -2.27. The molecule has 4 rings (SSSR count). The predicted octanol–water partition coefficient (Wildman–Crippen LogP) is 3.40. The van der Waals surface area contributed by atoms with Gasteiger partial charge in [-0.25, -0.2) is 0 Å². The van der Waals surface area contributed by atoms with Crippen LogP contribution in [0.1, 0.15) is 49.0 Å². The number of methoxy groups -OCH3 is 1. The molecule has 1 aromatic carbocycles. The number of alkyl halides is 3. The van der Waals surface area contributed by atoms with Gasteiger partial charge in [-0.3, -0.25) is 14.4 Å². The van der Waals surface area contributed by atoms with Crippen LogP contribution in [0, 0.1) is 11.8 Å². The van der Waals surface area contributed by atoms with Gasteiger partial charge in [-0.1, -0.05) is 12.5 Å². The van der Waals surface area contributed by atoms with Gasteiger partial charge in [-0.15, -0.1) is 0 Å². The number of Topliss-reactive ketones (excluding diaryl/α,β-unsaturated/α-hetero) is 1. The number of aromatic amines is 1. The van der Waals surface area contributed by atoms with Crippen LogP contribution in [-0.4, -0.2) is 65.7 Å².